The van der Waals surface area contributed by atoms with Gasteiger partial charge in [-0.1, -0.05) is 122 Å². The van der Waals surface area contributed by atoms with Crippen LogP contribution < -0.4 is 4.90 Å². The van der Waals surface area contributed by atoms with Crippen LogP contribution in [0.15, 0.2) is 121 Å². The number of ketones is 1. The molecular weight excluding hydrogens is 522 g/mol. The Kier molecular flexibility index (Phi) is 6.47. The maximum atomic E-state index is 15.1. The Bertz CT molecular complexity index is 1650. The lowest BCUT2D eigenvalue weighted by Gasteiger charge is -2.56. The fourth-order valence-corrected chi connectivity index (χ4v) is 8.26. The van der Waals surface area contributed by atoms with E-state index in [2.05, 4.69) is 90.8 Å². The van der Waals surface area contributed by atoms with E-state index < -0.39 is 11.5 Å². The van der Waals surface area contributed by atoms with Gasteiger partial charge < -0.3 is 4.90 Å². The molecule has 1 heterocycles. The van der Waals surface area contributed by atoms with Crippen molar-refractivity contribution in [1.29, 1.82) is 0 Å². The van der Waals surface area contributed by atoms with Crippen molar-refractivity contribution in [2.75, 3.05) is 11.9 Å². The van der Waals surface area contributed by atoms with E-state index in [1.165, 1.54) is 23.2 Å². The molecular formula is C38H34ClNO. The summed E-state index contributed by atoms with van der Waals surface area (Å²) in [5.74, 6) is -0.242. The second kappa shape index (κ2) is 10.2. The SMILES string of the molecule is CN1c2ccc(Cl)cc2C2(CCCCC2)[C@@]12C=C(c1ccccc1)C=C(c1ccccc1)[C@H]2C(=O)c1ccccc1. The molecule has 2 atom stereocenters. The number of likely N-dealkylation sites (N-methyl/N-ethyl adjacent to an activating group) is 1. The number of carbonyl (C=O) groups is 1. The van der Waals surface area contributed by atoms with Crippen LogP contribution in [0.2, 0.25) is 5.02 Å². The zero-order valence-electron chi connectivity index (χ0n) is 23.4. The van der Waals surface area contributed by atoms with Crippen LogP contribution in [0.25, 0.3) is 11.1 Å². The van der Waals surface area contributed by atoms with Crippen LogP contribution >= 0.6 is 11.6 Å². The third-order valence-corrected chi connectivity index (χ3v) is 10.1. The summed E-state index contributed by atoms with van der Waals surface area (Å²) in [6, 6.07) is 37.4. The van der Waals surface area contributed by atoms with E-state index in [0.29, 0.717) is 0 Å². The maximum absolute atomic E-state index is 15.1. The van der Waals surface area contributed by atoms with Gasteiger partial charge >= 0.3 is 0 Å². The Hall–Kier alpha value is -3.88. The zero-order valence-corrected chi connectivity index (χ0v) is 24.1. The van der Waals surface area contributed by atoms with E-state index in [-0.39, 0.29) is 11.2 Å². The number of allylic oxidation sites excluding steroid dienone is 2. The Labute approximate surface area is 248 Å². The quantitative estimate of drug-likeness (QED) is 0.234. The minimum Gasteiger partial charge on any atom is -0.363 e. The van der Waals surface area contributed by atoms with E-state index in [0.717, 1.165) is 53.0 Å². The summed E-state index contributed by atoms with van der Waals surface area (Å²) in [6.45, 7) is 0. The molecule has 0 unspecified atom stereocenters. The minimum absolute atomic E-state index is 0.166. The molecule has 1 fully saturated rings. The summed E-state index contributed by atoms with van der Waals surface area (Å²) in [6.07, 6.45) is 10.2. The molecule has 2 aliphatic carbocycles. The van der Waals surface area contributed by atoms with Gasteiger partial charge in [0, 0.05) is 28.7 Å². The number of hydrogen-bond acceptors (Lipinski definition) is 2. The molecule has 1 saturated carbocycles. The molecule has 0 radical (unpaired) electrons. The normalized spacial score (nSPS) is 22.8. The summed E-state index contributed by atoms with van der Waals surface area (Å²) in [4.78, 5) is 17.5. The molecule has 3 heteroatoms. The molecule has 2 nitrogen and oxygen atoms in total. The average Bonchev–Trinajstić information content (AvgIpc) is 3.21. The van der Waals surface area contributed by atoms with Crippen LogP contribution in [0.1, 0.15) is 59.2 Å². The summed E-state index contributed by atoms with van der Waals surface area (Å²) < 4.78 is 0. The highest BCUT2D eigenvalue weighted by Crippen LogP contribution is 2.65. The molecule has 41 heavy (non-hydrogen) atoms. The zero-order chi connectivity index (χ0) is 28.0. The van der Waals surface area contributed by atoms with Gasteiger partial charge in [-0.2, -0.15) is 0 Å². The second-order valence-corrected chi connectivity index (χ2v) is 12.2. The molecule has 1 aliphatic heterocycles. The lowest BCUT2D eigenvalue weighted by molar-refractivity contribution is 0.0841. The Morgan fingerprint density at radius 3 is 2.05 bits per heavy atom. The van der Waals surface area contributed by atoms with Crippen molar-refractivity contribution in [3.8, 4) is 0 Å². The predicted octanol–water partition coefficient (Wildman–Crippen LogP) is 9.41. The van der Waals surface area contributed by atoms with Crippen molar-refractivity contribution in [3.05, 3.63) is 149 Å². The number of Topliss-reactive ketones (excluding diaryl/α,β-unsaturated/α-hetero) is 1. The molecule has 4 aromatic rings. The average molecular weight is 556 g/mol. The Morgan fingerprint density at radius 1 is 0.780 bits per heavy atom. The Morgan fingerprint density at radius 2 is 1.39 bits per heavy atom. The van der Waals surface area contributed by atoms with Crippen LogP contribution in [0.4, 0.5) is 5.69 Å². The largest absolute Gasteiger partial charge is 0.363 e. The first-order valence-corrected chi connectivity index (χ1v) is 15.1. The minimum atomic E-state index is -0.613. The van der Waals surface area contributed by atoms with Gasteiger partial charge in [0.05, 0.1) is 11.5 Å². The molecule has 2 spiro atoms. The van der Waals surface area contributed by atoms with Gasteiger partial charge in [0.15, 0.2) is 5.78 Å². The predicted molar refractivity (Wildman–Crippen MR) is 170 cm³/mol. The molecule has 3 aliphatic rings. The van der Waals surface area contributed by atoms with E-state index in [1.807, 2.05) is 42.5 Å². The molecule has 0 saturated heterocycles. The molecule has 7 rings (SSSR count). The molecule has 0 aromatic heterocycles. The topological polar surface area (TPSA) is 20.3 Å². The van der Waals surface area contributed by atoms with Crippen molar-refractivity contribution in [3.63, 3.8) is 0 Å². The number of rotatable bonds is 4. The summed E-state index contributed by atoms with van der Waals surface area (Å²) in [5, 5.41) is 0.756. The van der Waals surface area contributed by atoms with Gasteiger partial charge in [0.1, 0.15) is 0 Å². The highest BCUT2D eigenvalue weighted by molar-refractivity contribution is 6.30. The van der Waals surface area contributed by atoms with Crippen LogP contribution in [-0.4, -0.2) is 18.4 Å². The number of hydrogen-bond donors (Lipinski definition) is 0. The van der Waals surface area contributed by atoms with Gasteiger partial charge in [-0.25, -0.2) is 0 Å². The highest BCUT2D eigenvalue weighted by atomic mass is 35.5. The maximum Gasteiger partial charge on any atom is 0.173 e. The number of benzene rings is 4. The number of carbonyl (C=O) groups excluding carboxylic acids is 1. The lowest BCUT2D eigenvalue weighted by atomic mass is 9.51. The lowest BCUT2D eigenvalue weighted by Crippen LogP contribution is -2.63. The smallest absolute Gasteiger partial charge is 0.173 e. The number of fused-ring (bicyclic) bond motifs is 3. The number of halogens is 1. The van der Waals surface area contributed by atoms with Gasteiger partial charge in [-0.05, 0) is 71.0 Å². The summed E-state index contributed by atoms with van der Waals surface area (Å²) in [7, 11) is 2.20. The highest BCUT2D eigenvalue weighted by Gasteiger charge is 2.65. The second-order valence-electron chi connectivity index (χ2n) is 11.8. The van der Waals surface area contributed by atoms with Crippen molar-refractivity contribution in [1.82, 2.24) is 0 Å². The van der Waals surface area contributed by atoms with Gasteiger partial charge in [-0.3, -0.25) is 4.79 Å². The van der Waals surface area contributed by atoms with Gasteiger partial charge in [-0.15, -0.1) is 0 Å². The first-order valence-electron chi connectivity index (χ1n) is 14.7. The molecule has 4 aromatic carbocycles. The fourth-order valence-electron chi connectivity index (χ4n) is 8.09. The molecule has 0 N–H and O–H groups in total. The summed E-state index contributed by atoms with van der Waals surface area (Å²) in [5.41, 5.74) is 6.85. The van der Waals surface area contributed by atoms with Gasteiger partial charge in [0.2, 0.25) is 0 Å². The number of anilines is 1. The fraction of sp³-hybridized carbons (Fsp3) is 0.237. The molecule has 0 bridgehead atoms. The van der Waals surface area contributed by atoms with E-state index in [4.69, 9.17) is 11.6 Å². The van der Waals surface area contributed by atoms with Crippen LogP contribution in [-0.2, 0) is 5.41 Å². The van der Waals surface area contributed by atoms with Crippen molar-refractivity contribution in [2.24, 2.45) is 5.92 Å². The first-order chi connectivity index (χ1) is 20.0. The monoisotopic (exact) mass is 555 g/mol. The van der Waals surface area contributed by atoms with Gasteiger partial charge in [0.25, 0.3) is 0 Å². The standard InChI is InChI=1S/C38H34ClNO/c1-40-34-21-20-31(39)25-33(34)37(22-12-5-13-23-37)38(40)26-30(27-14-6-2-7-15-27)24-32(28-16-8-3-9-17-28)35(38)36(41)29-18-10-4-11-19-29/h2-4,6-11,14-21,24-26,35H,5,12-13,22-23H2,1H3/t35-,38-/m0/s1. The third kappa shape index (κ3) is 3.95. The van der Waals surface area contributed by atoms with E-state index >= 15 is 4.79 Å². The summed E-state index contributed by atoms with van der Waals surface area (Å²) >= 11 is 6.73. The van der Waals surface area contributed by atoms with Crippen molar-refractivity contribution in [2.45, 2.75) is 43.1 Å². The van der Waals surface area contributed by atoms with Crippen LogP contribution in [0.5, 0.6) is 0 Å². The van der Waals surface area contributed by atoms with Crippen molar-refractivity contribution >= 4 is 34.2 Å². The molecule has 0 amide bonds. The van der Waals surface area contributed by atoms with E-state index in [1.54, 1.807) is 0 Å². The van der Waals surface area contributed by atoms with Crippen LogP contribution in [0.3, 0.4) is 0 Å². The van der Waals surface area contributed by atoms with Crippen LogP contribution in [0, 0.1) is 5.92 Å². The third-order valence-electron chi connectivity index (χ3n) is 9.84. The first kappa shape index (κ1) is 26.0. The van der Waals surface area contributed by atoms with E-state index in [9.17, 15) is 0 Å². The Balaban J connectivity index is 1.58. The molecule has 204 valence electrons. The van der Waals surface area contributed by atoms with Crippen molar-refractivity contribution < 1.29 is 4.79 Å². The number of nitrogens with zero attached hydrogens (tertiary/aromatic N) is 1.